The molecule has 2 aliphatic rings. The van der Waals surface area contributed by atoms with E-state index in [0.29, 0.717) is 13.1 Å². The van der Waals surface area contributed by atoms with Gasteiger partial charge in [-0.1, -0.05) is 0 Å². The average Bonchev–Trinajstić information content (AvgIpc) is 3.30. The third-order valence-electron chi connectivity index (χ3n) is 5.20. The van der Waals surface area contributed by atoms with E-state index < -0.39 is 0 Å². The lowest BCUT2D eigenvalue weighted by Gasteiger charge is -2.33. The van der Waals surface area contributed by atoms with Gasteiger partial charge in [0.1, 0.15) is 0 Å². The summed E-state index contributed by atoms with van der Waals surface area (Å²) in [6, 6.07) is 3.77. The molecule has 0 aromatic carbocycles. The largest absolute Gasteiger partial charge is 0.343 e. The van der Waals surface area contributed by atoms with Gasteiger partial charge in [-0.15, -0.1) is 11.3 Å². The number of piperidine rings is 1. The fourth-order valence-electron chi connectivity index (χ4n) is 3.66. The van der Waals surface area contributed by atoms with Crippen molar-refractivity contribution < 1.29 is 14.4 Å². The third kappa shape index (κ3) is 4.48. The third-order valence-corrected chi connectivity index (χ3v) is 6.24. The smallest absolute Gasteiger partial charge is 0.225 e. The molecule has 1 aromatic rings. The van der Waals surface area contributed by atoms with Crippen molar-refractivity contribution in [3.8, 4) is 0 Å². The van der Waals surface area contributed by atoms with Gasteiger partial charge in [0.25, 0.3) is 0 Å². The zero-order valence-electron chi connectivity index (χ0n) is 14.8. The van der Waals surface area contributed by atoms with E-state index in [4.69, 9.17) is 0 Å². The maximum atomic E-state index is 12.4. The van der Waals surface area contributed by atoms with Crippen LogP contribution in [0, 0.1) is 12.8 Å². The van der Waals surface area contributed by atoms with Crippen LogP contribution in [0.25, 0.3) is 0 Å². The molecule has 0 spiro atoms. The highest BCUT2D eigenvalue weighted by atomic mass is 32.1. The lowest BCUT2D eigenvalue weighted by molar-refractivity contribution is -0.140. The Morgan fingerprint density at radius 2 is 1.68 bits per heavy atom. The van der Waals surface area contributed by atoms with Gasteiger partial charge in [-0.2, -0.15) is 0 Å². The molecular formula is C19H26N2O3S. The van der Waals surface area contributed by atoms with Crippen LogP contribution in [0.4, 0.5) is 0 Å². The molecule has 0 aliphatic carbocycles. The number of carbonyl (C=O) groups excluding carboxylic acids is 3. The van der Waals surface area contributed by atoms with Crippen molar-refractivity contribution >= 4 is 28.9 Å². The summed E-state index contributed by atoms with van der Waals surface area (Å²) in [6.07, 6.45) is 4.26. The van der Waals surface area contributed by atoms with Crippen molar-refractivity contribution in [2.24, 2.45) is 5.92 Å². The molecule has 1 aromatic heterocycles. The van der Waals surface area contributed by atoms with E-state index in [1.165, 1.54) is 11.3 Å². The van der Waals surface area contributed by atoms with Crippen LogP contribution >= 0.6 is 11.3 Å². The fraction of sp³-hybridized carbons (Fsp3) is 0.632. The predicted molar refractivity (Wildman–Crippen MR) is 97.7 cm³/mol. The lowest BCUT2D eigenvalue weighted by Crippen LogP contribution is -2.43. The molecule has 5 nitrogen and oxygen atoms in total. The molecule has 0 unspecified atom stereocenters. The summed E-state index contributed by atoms with van der Waals surface area (Å²) in [7, 11) is 0. The SMILES string of the molecule is Cc1ccc(C(=O)CCC(=O)N2CCC(C(=O)N3CCCC3)CC2)s1. The predicted octanol–water partition coefficient (Wildman–Crippen LogP) is 2.88. The van der Waals surface area contributed by atoms with Crippen LogP contribution in [0.2, 0.25) is 0 Å². The Balaban J connectivity index is 1.42. The monoisotopic (exact) mass is 362 g/mol. The average molecular weight is 362 g/mol. The van der Waals surface area contributed by atoms with Gasteiger partial charge in [-0.3, -0.25) is 14.4 Å². The van der Waals surface area contributed by atoms with Crippen LogP contribution in [0.3, 0.4) is 0 Å². The van der Waals surface area contributed by atoms with Crippen LogP contribution < -0.4 is 0 Å². The minimum absolute atomic E-state index is 0.0358. The van der Waals surface area contributed by atoms with E-state index in [9.17, 15) is 14.4 Å². The zero-order valence-corrected chi connectivity index (χ0v) is 15.6. The van der Waals surface area contributed by atoms with E-state index in [2.05, 4.69) is 0 Å². The van der Waals surface area contributed by atoms with E-state index in [-0.39, 0.29) is 36.4 Å². The van der Waals surface area contributed by atoms with Gasteiger partial charge < -0.3 is 9.80 Å². The van der Waals surface area contributed by atoms with Gasteiger partial charge >= 0.3 is 0 Å². The van der Waals surface area contributed by atoms with Gasteiger partial charge in [0, 0.05) is 49.8 Å². The first-order valence-electron chi connectivity index (χ1n) is 9.21. The van der Waals surface area contributed by atoms with Gasteiger partial charge in [0.05, 0.1) is 4.88 Å². The molecule has 3 heterocycles. The van der Waals surface area contributed by atoms with Crippen LogP contribution in [-0.4, -0.2) is 53.6 Å². The molecule has 3 rings (SSSR count). The number of rotatable bonds is 5. The molecule has 0 bridgehead atoms. The highest BCUT2D eigenvalue weighted by molar-refractivity contribution is 7.14. The quantitative estimate of drug-likeness (QED) is 0.757. The molecule has 2 aliphatic heterocycles. The summed E-state index contributed by atoms with van der Waals surface area (Å²) < 4.78 is 0. The maximum Gasteiger partial charge on any atom is 0.225 e. The minimum Gasteiger partial charge on any atom is -0.343 e. The van der Waals surface area contributed by atoms with Gasteiger partial charge in [-0.05, 0) is 44.7 Å². The van der Waals surface area contributed by atoms with Gasteiger partial charge in [0.2, 0.25) is 11.8 Å². The number of aryl methyl sites for hydroxylation is 1. The van der Waals surface area contributed by atoms with Crippen LogP contribution in [0.5, 0.6) is 0 Å². The van der Waals surface area contributed by atoms with E-state index in [1.54, 1.807) is 0 Å². The summed E-state index contributed by atoms with van der Waals surface area (Å²) in [5.74, 6) is 0.421. The summed E-state index contributed by atoms with van der Waals surface area (Å²) in [4.78, 5) is 42.5. The van der Waals surface area contributed by atoms with E-state index >= 15 is 0 Å². The van der Waals surface area contributed by atoms with E-state index in [1.807, 2.05) is 28.9 Å². The van der Waals surface area contributed by atoms with Crippen LogP contribution in [-0.2, 0) is 9.59 Å². The number of Topliss-reactive ketones (excluding diaryl/α,β-unsaturated/α-hetero) is 1. The van der Waals surface area contributed by atoms with Gasteiger partial charge in [-0.25, -0.2) is 0 Å². The van der Waals surface area contributed by atoms with Crippen LogP contribution in [0.15, 0.2) is 12.1 Å². The standard InChI is InChI=1S/C19H26N2O3S/c1-14-4-6-17(25-14)16(22)5-7-18(23)20-12-8-15(9-13-20)19(24)21-10-2-3-11-21/h4,6,15H,2-3,5,7-13H2,1H3. The molecule has 25 heavy (non-hydrogen) atoms. The van der Waals surface area contributed by atoms with Crippen molar-refractivity contribution in [1.29, 1.82) is 0 Å². The Kier molecular flexibility index (Phi) is 5.89. The second-order valence-electron chi connectivity index (χ2n) is 7.02. The first kappa shape index (κ1) is 18.1. The molecule has 2 fully saturated rings. The molecule has 0 saturated carbocycles. The van der Waals surface area contributed by atoms with Crippen molar-refractivity contribution in [3.63, 3.8) is 0 Å². The number of hydrogen-bond donors (Lipinski definition) is 0. The number of carbonyl (C=O) groups is 3. The van der Waals surface area contributed by atoms with Crippen molar-refractivity contribution in [3.05, 3.63) is 21.9 Å². The van der Waals surface area contributed by atoms with Crippen molar-refractivity contribution in [2.45, 2.75) is 45.4 Å². The Hall–Kier alpha value is -1.69. The summed E-state index contributed by atoms with van der Waals surface area (Å²) in [5.41, 5.74) is 0. The van der Waals surface area contributed by atoms with E-state index in [0.717, 1.165) is 48.5 Å². The normalized spacial score (nSPS) is 18.6. The maximum absolute atomic E-state index is 12.4. The number of amides is 2. The summed E-state index contributed by atoms with van der Waals surface area (Å²) in [5, 5.41) is 0. The van der Waals surface area contributed by atoms with Crippen LogP contribution in [0.1, 0.15) is 53.1 Å². The molecule has 0 atom stereocenters. The Labute approximate surface area is 153 Å². The molecule has 2 amide bonds. The summed E-state index contributed by atoms with van der Waals surface area (Å²) >= 11 is 1.48. The number of nitrogens with zero attached hydrogens (tertiary/aromatic N) is 2. The van der Waals surface area contributed by atoms with Crippen molar-refractivity contribution in [2.75, 3.05) is 26.2 Å². The molecule has 136 valence electrons. The van der Waals surface area contributed by atoms with Crippen molar-refractivity contribution in [1.82, 2.24) is 9.80 Å². The van der Waals surface area contributed by atoms with Gasteiger partial charge in [0.15, 0.2) is 5.78 Å². The zero-order chi connectivity index (χ0) is 17.8. The highest BCUT2D eigenvalue weighted by Gasteiger charge is 2.31. The minimum atomic E-state index is 0.0358. The Bertz CT molecular complexity index is 641. The molecule has 0 N–H and O–H groups in total. The Morgan fingerprint density at radius 1 is 1.00 bits per heavy atom. The Morgan fingerprint density at radius 3 is 2.28 bits per heavy atom. The highest BCUT2D eigenvalue weighted by Crippen LogP contribution is 2.23. The molecular weight excluding hydrogens is 336 g/mol. The first-order valence-corrected chi connectivity index (χ1v) is 10.0. The topological polar surface area (TPSA) is 57.7 Å². The first-order chi connectivity index (χ1) is 12.0. The second kappa shape index (κ2) is 8.13. The fourth-order valence-corrected chi connectivity index (χ4v) is 4.49. The molecule has 0 radical (unpaired) electrons. The number of hydrogen-bond acceptors (Lipinski definition) is 4. The second-order valence-corrected chi connectivity index (χ2v) is 8.31. The number of ketones is 1. The summed E-state index contributed by atoms with van der Waals surface area (Å²) in [6.45, 7) is 5.02. The number of likely N-dealkylation sites (tertiary alicyclic amines) is 2. The molecule has 2 saturated heterocycles. The lowest BCUT2D eigenvalue weighted by atomic mass is 9.95. The molecule has 6 heteroatoms. The number of thiophene rings is 1.